The number of amides is 2. The van der Waals surface area contributed by atoms with Crippen LogP contribution in [0.4, 0.5) is 4.79 Å². The highest BCUT2D eigenvalue weighted by atomic mass is 32.2. The van der Waals surface area contributed by atoms with E-state index in [0.29, 0.717) is 39.4 Å². The fraction of sp³-hybridized carbons (Fsp3) is 0.900. The van der Waals surface area contributed by atoms with E-state index in [0.717, 1.165) is 6.42 Å². The quantitative estimate of drug-likeness (QED) is 0.707. The van der Waals surface area contributed by atoms with Gasteiger partial charge >= 0.3 is 6.03 Å². The predicted molar refractivity (Wildman–Crippen MR) is 65.7 cm³/mol. The van der Waals surface area contributed by atoms with Crippen molar-refractivity contribution in [3.05, 3.63) is 0 Å². The minimum absolute atomic E-state index is 0.0884. The van der Waals surface area contributed by atoms with Gasteiger partial charge in [0, 0.05) is 32.8 Å². The Morgan fingerprint density at radius 3 is 2.44 bits per heavy atom. The van der Waals surface area contributed by atoms with Crippen LogP contribution in [0.15, 0.2) is 0 Å². The first-order chi connectivity index (χ1) is 8.47. The minimum atomic E-state index is -3.14. The zero-order valence-electron chi connectivity index (χ0n) is 10.5. The molecule has 0 aromatic heterocycles. The Balaban J connectivity index is 1.80. The summed E-state index contributed by atoms with van der Waals surface area (Å²) in [6, 6.07) is -0.0379. The normalized spacial score (nSPS) is 26.3. The molecule has 0 aromatic carbocycles. The highest BCUT2D eigenvalue weighted by molar-refractivity contribution is 7.88. The zero-order valence-corrected chi connectivity index (χ0v) is 11.3. The van der Waals surface area contributed by atoms with Gasteiger partial charge in [0.1, 0.15) is 0 Å². The van der Waals surface area contributed by atoms with Crippen LogP contribution in [0, 0.1) is 0 Å². The van der Waals surface area contributed by atoms with Gasteiger partial charge in [0.2, 0.25) is 10.0 Å². The van der Waals surface area contributed by atoms with Crippen molar-refractivity contribution in [2.75, 3.05) is 45.6 Å². The molecule has 0 radical (unpaired) electrons. The van der Waals surface area contributed by atoms with Crippen LogP contribution in [0.1, 0.15) is 6.42 Å². The van der Waals surface area contributed by atoms with Crippen LogP contribution in [-0.4, -0.2) is 75.3 Å². The van der Waals surface area contributed by atoms with Crippen molar-refractivity contribution < 1.29 is 17.9 Å². The Hall–Kier alpha value is -0.860. The van der Waals surface area contributed by atoms with Crippen molar-refractivity contribution in [3.8, 4) is 0 Å². The van der Waals surface area contributed by atoms with E-state index in [1.807, 2.05) is 0 Å². The lowest BCUT2D eigenvalue weighted by Gasteiger charge is -2.33. The molecule has 1 unspecified atom stereocenters. The maximum Gasteiger partial charge on any atom is 0.317 e. The molecule has 18 heavy (non-hydrogen) atoms. The molecule has 0 aromatic rings. The number of rotatable bonds is 2. The molecule has 2 amide bonds. The molecule has 0 spiro atoms. The number of ether oxygens (including phenoxy) is 1. The third-order valence-corrected chi connectivity index (χ3v) is 4.56. The van der Waals surface area contributed by atoms with Gasteiger partial charge in [0.25, 0.3) is 0 Å². The summed E-state index contributed by atoms with van der Waals surface area (Å²) in [4.78, 5) is 13.6. The summed E-state index contributed by atoms with van der Waals surface area (Å²) in [7, 11) is -3.14. The highest BCUT2D eigenvalue weighted by Crippen LogP contribution is 2.08. The molecule has 104 valence electrons. The third kappa shape index (κ3) is 3.33. The van der Waals surface area contributed by atoms with Crippen LogP contribution >= 0.6 is 0 Å². The number of hydrogen-bond acceptors (Lipinski definition) is 4. The number of sulfonamides is 1. The number of nitrogens with zero attached hydrogens (tertiary/aromatic N) is 2. The van der Waals surface area contributed by atoms with E-state index in [2.05, 4.69) is 5.32 Å². The van der Waals surface area contributed by atoms with Crippen LogP contribution in [-0.2, 0) is 14.8 Å². The molecule has 2 rings (SSSR count). The summed E-state index contributed by atoms with van der Waals surface area (Å²) in [6.07, 6.45) is 2.04. The van der Waals surface area contributed by atoms with E-state index >= 15 is 0 Å². The third-order valence-electron chi connectivity index (χ3n) is 3.25. The Bertz CT molecular complexity index is 397. The number of nitrogens with one attached hydrogen (secondary N) is 1. The van der Waals surface area contributed by atoms with Crippen LogP contribution in [0.25, 0.3) is 0 Å². The molecule has 8 heteroatoms. The lowest BCUT2D eigenvalue weighted by atomic mass is 10.3. The topological polar surface area (TPSA) is 79.0 Å². The van der Waals surface area contributed by atoms with Gasteiger partial charge in [0.05, 0.1) is 18.9 Å². The van der Waals surface area contributed by atoms with E-state index in [1.54, 1.807) is 4.90 Å². The van der Waals surface area contributed by atoms with Crippen LogP contribution in [0.3, 0.4) is 0 Å². The average Bonchev–Trinajstić information content (AvgIpc) is 2.81. The smallest absolute Gasteiger partial charge is 0.317 e. The number of piperazine rings is 1. The monoisotopic (exact) mass is 277 g/mol. The molecule has 2 heterocycles. The van der Waals surface area contributed by atoms with Crippen molar-refractivity contribution in [2.24, 2.45) is 0 Å². The Morgan fingerprint density at radius 1 is 1.28 bits per heavy atom. The van der Waals surface area contributed by atoms with Gasteiger partial charge in [0.15, 0.2) is 0 Å². The van der Waals surface area contributed by atoms with Gasteiger partial charge in [-0.1, -0.05) is 0 Å². The molecule has 0 aliphatic carbocycles. The molecule has 7 nitrogen and oxygen atoms in total. The molecule has 2 aliphatic heterocycles. The van der Waals surface area contributed by atoms with Crippen molar-refractivity contribution in [1.82, 2.24) is 14.5 Å². The molecular weight excluding hydrogens is 258 g/mol. The van der Waals surface area contributed by atoms with E-state index in [-0.39, 0.29) is 12.1 Å². The molecule has 1 atom stereocenters. The number of carbonyl (C=O) groups is 1. The fourth-order valence-electron chi connectivity index (χ4n) is 2.14. The fourth-order valence-corrected chi connectivity index (χ4v) is 2.96. The van der Waals surface area contributed by atoms with Gasteiger partial charge in [-0.25, -0.2) is 13.2 Å². The lowest BCUT2D eigenvalue weighted by Crippen LogP contribution is -2.54. The molecular formula is C10H19N3O4S. The van der Waals surface area contributed by atoms with E-state index in [4.69, 9.17) is 4.74 Å². The van der Waals surface area contributed by atoms with Crippen molar-refractivity contribution in [1.29, 1.82) is 0 Å². The summed E-state index contributed by atoms with van der Waals surface area (Å²) in [5, 5.41) is 2.90. The molecule has 0 saturated carbocycles. The minimum Gasteiger partial charge on any atom is -0.379 e. The second-order valence-corrected chi connectivity index (χ2v) is 6.64. The maximum absolute atomic E-state index is 11.9. The zero-order chi connectivity index (χ0) is 13.2. The SMILES string of the molecule is CS(=O)(=O)N1CCN(C(=O)NC2CCOC2)CC1. The predicted octanol–water partition coefficient (Wildman–Crippen LogP) is -0.938. The molecule has 1 N–H and O–H groups in total. The van der Waals surface area contributed by atoms with E-state index < -0.39 is 10.0 Å². The van der Waals surface area contributed by atoms with Crippen LogP contribution in [0.5, 0.6) is 0 Å². The van der Waals surface area contributed by atoms with Gasteiger partial charge in [-0.05, 0) is 6.42 Å². The Labute approximate surface area is 107 Å². The van der Waals surface area contributed by atoms with Crippen molar-refractivity contribution >= 4 is 16.1 Å². The molecule has 2 aliphatic rings. The van der Waals surface area contributed by atoms with E-state index in [1.165, 1.54) is 10.6 Å². The molecule has 2 saturated heterocycles. The summed E-state index contributed by atoms with van der Waals surface area (Å²) >= 11 is 0. The summed E-state index contributed by atoms with van der Waals surface area (Å²) in [5.41, 5.74) is 0. The van der Waals surface area contributed by atoms with Crippen LogP contribution in [0.2, 0.25) is 0 Å². The lowest BCUT2D eigenvalue weighted by molar-refractivity contribution is 0.163. The highest BCUT2D eigenvalue weighted by Gasteiger charge is 2.27. The standard InChI is InChI=1S/C10H19N3O4S/c1-18(15,16)13-5-3-12(4-6-13)10(14)11-9-2-7-17-8-9/h9H,2-8H2,1H3,(H,11,14). The Morgan fingerprint density at radius 2 is 1.94 bits per heavy atom. The number of urea groups is 1. The first-order valence-electron chi connectivity index (χ1n) is 6.05. The van der Waals surface area contributed by atoms with Crippen molar-refractivity contribution in [2.45, 2.75) is 12.5 Å². The first kappa shape index (κ1) is 13.6. The summed E-state index contributed by atoms with van der Waals surface area (Å²) in [5.74, 6) is 0. The number of hydrogen-bond donors (Lipinski definition) is 1. The number of carbonyl (C=O) groups excluding carboxylic acids is 1. The van der Waals surface area contributed by atoms with E-state index in [9.17, 15) is 13.2 Å². The first-order valence-corrected chi connectivity index (χ1v) is 7.90. The second kappa shape index (κ2) is 5.41. The van der Waals surface area contributed by atoms with Gasteiger partial charge in [-0.3, -0.25) is 0 Å². The average molecular weight is 277 g/mol. The van der Waals surface area contributed by atoms with Gasteiger partial charge in [-0.2, -0.15) is 4.31 Å². The summed E-state index contributed by atoms with van der Waals surface area (Å²) < 4.78 is 29.2. The summed E-state index contributed by atoms with van der Waals surface area (Å²) in [6.45, 7) is 2.86. The largest absolute Gasteiger partial charge is 0.379 e. The molecule has 2 fully saturated rings. The Kier molecular flexibility index (Phi) is 4.08. The van der Waals surface area contributed by atoms with Crippen molar-refractivity contribution in [3.63, 3.8) is 0 Å². The molecule has 0 bridgehead atoms. The van der Waals surface area contributed by atoms with Crippen LogP contribution < -0.4 is 5.32 Å². The maximum atomic E-state index is 11.9. The second-order valence-electron chi connectivity index (χ2n) is 4.66. The van der Waals surface area contributed by atoms with Gasteiger partial charge < -0.3 is 15.0 Å². The van der Waals surface area contributed by atoms with Gasteiger partial charge in [-0.15, -0.1) is 0 Å².